The van der Waals surface area contributed by atoms with E-state index in [0.717, 1.165) is 24.8 Å². The molecule has 116 valence electrons. The van der Waals surface area contributed by atoms with Gasteiger partial charge in [-0.15, -0.1) is 0 Å². The molecule has 1 atom stereocenters. The number of hydrogen-bond acceptors (Lipinski definition) is 3. The maximum absolute atomic E-state index is 13.8. The Hall–Kier alpha value is -1.62. The summed E-state index contributed by atoms with van der Waals surface area (Å²) in [6.07, 6.45) is 2.78. The van der Waals surface area contributed by atoms with Crippen LogP contribution in [0.1, 0.15) is 31.7 Å². The number of primary amides is 1. The van der Waals surface area contributed by atoms with E-state index in [0.29, 0.717) is 6.54 Å². The highest BCUT2D eigenvalue weighted by molar-refractivity contribution is 5.85. The third kappa shape index (κ3) is 3.53. The van der Waals surface area contributed by atoms with Crippen molar-refractivity contribution >= 4 is 5.91 Å². The molecule has 0 bridgehead atoms. The van der Waals surface area contributed by atoms with Gasteiger partial charge < -0.3 is 15.8 Å². The number of hydrogen-bond donors (Lipinski definition) is 2. The van der Waals surface area contributed by atoms with Gasteiger partial charge in [-0.25, -0.2) is 4.39 Å². The van der Waals surface area contributed by atoms with Crippen LogP contribution in [-0.2, 0) is 4.79 Å². The number of nitrogens with one attached hydrogen (secondary N) is 1. The number of carbonyl (C=O) groups is 1. The average molecular weight is 294 g/mol. The predicted octanol–water partition coefficient (Wildman–Crippen LogP) is 2.15. The van der Waals surface area contributed by atoms with Crippen LogP contribution in [0.5, 0.6) is 5.75 Å². The van der Waals surface area contributed by atoms with Gasteiger partial charge in [-0.05, 0) is 56.3 Å². The molecule has 5 heteroatoms. The molecular formula is C16H23FN2O2. The molecule has 0 radical (unpaired) electrons. The zero-order valence-corrected chi connectivity index (χ0v) is 12.6. The van der Waals surface area contributed by atoms with Gasteiger partial charge in [0.1, 0.15) is 12.1 Å². The van der Waals surface area contributed by atoms with Gasteiger partial charge in [0.2, 0.25) is 5.91 Å². The summed E-state index contributed by atoms with van der Waals surface area (Å²) in [7, 11) is 0. The Bertz CT molecular complexity index is 517. The van der Waals surface area contributed by atoms with Gasteiger partial charge in [0.05, 0.1) is 0 Å². The van der Waals surface area contributed by atoms with Crippen LogP contribution < -0.4 is 15.8 Å². The minimum absolute atomic E-state index is 0.0629. The predicted molar refractivity (Wildman–Crippen MR) is 79.6 cm³/mol. The molecule has 1 aliphatic rings. The van der Waals surface area contributed by atoms with E-state index in [9.17, 15) is 9.18 Å². The maximum Gasteiger partial charge on any atom is 0.241 e. The van der Waals surface area contributed by atoms with Crippen molar-refractivity contribution in [1.82, 2.24) is 5.32 Å². The van der Waals surface area contributed by atoms with Crippen LogP contribution in [-0.4, -0.2) is 24.6 Å². The molecule has 1 amide bonds. The van der Waals surface area contributed by atoms with E-state index in [4.69, 9.17) is 10.5 Å². The minimum Gasteiger partial charge on any atom is -0.488 e. The third-order valence-corrected chi connectivity index (χ3v) is 3.95. The van der Waals surface area contributed by atoms with Crippen LogP contribution >= 0.6 is 0 Å². The lowest BCUT2D eigenvalue weighted by Gasteiger charge is -2.32. The molecule has 3 N–H and O–H groups in total. The second-order valence-electron chi connectivity index (χ2n) is 5.76. The third-order valence-electron chi connectivity index (χ3n) is 3.95. The minimum atomic E-state index is -0.897. The number of nitrogens with two attached hydrogens (primary N) is 1. The van der Waals surface area contributed by atoms with Crippen LogP contribution in [0, 0.1) is 18.7 Å². The Morgan fingerprint density at radius 3 is 2.81 bits per heavy atom. The fraction of sp³-hybridized carbons (Fsp3) is 0.562. The molecule has 0 spiro atoms. The molecular weight excluding hydrogens is 271 g/mol. The first-order valence-corrected chi connectivity index (χ1v) is 7.43. The number of benzene rings is 1. The number of rotatable bonds is 8. The van der Waals surface area contributed by atoms with Crippen molar-refractivity contribution in [2.75, 3.05) is 13.2 Å². The monoisotopic (exact) mass is 294 g/mol. The largest absolute Gasteiger partial charge is 0.488 e. The summed E-state index contributed by atoms with van der Waals surface area (Å²) in [5.74, 6) is -0.509. The molecule has 1 aromatic rings. The van der Waals surface area contributed by atoms with Crippen molar-refractivity contribution in [3.63, 3.8) is 0 Å². The van der Waals surface area contributed by atoms with Crippen LogP contribution in [0.2, 0.25) is 0 Å². The molecule has 2 rings (SSSR count). The maximum atomic E-state index is 13.8. The summed E-state index contributed by atoms with van der Waals surface area (Å²) >= 11 is 0. The Kier molecular flexibility index (Phi) is 4.83. The SMILES string of the molecule is CCCNC(COc1cc(C)ccc1F)(C(N)=O)C1CC1. The zero-order chi connectivity index (χ0) is 15.5. The molecule has 1 aliphatic carbocycles. The van der Waals surface area contributed by atoms with E-state index >= 15 is 0 Å². The molecule has 1 unspecified atom stereocenters. The molecule has 0 aliphatic heterocycles. The first-order chi connectivity index (χ1) is 9.99. The van der Waals surface area contributed by atoms with Gasteiger partial charge in [0.15, 0.2) is 11.6 Å². The topological polar surface area (TPSA) is 64.3 Å². The number of ether oxygens (including phenoxy) is 1. The first-order valence-electron chi connectivity index (χ1n) is 7.43. The van der Waals surface area contributed by atoms with Gasteiger partial charge in [0.25, 0.3) is 0 Å². The van der Waals surface area contributed by atoms with Crippen LogP contribution in [0.25, 0.3) is 0 Å². The molecule has 1 fully saturated rings. The van der Waals surface area contributed by atoms with E-state index in [1.165, 1.54) is 6.07 Å². The summed E-state index contributed by atoms with van der Waals surface area (Å²) in [4.78, 5) is 12.0. The van der Waals surface area contributed by atoms with Crippen LogP contribution in [0.3, 0.4) is 0 Å². The van der Waals surface area contributed by atoms with Crippen molar-refractivity contribution in [2.45, 2.75) is 38.6 Å². The van der Waals surface area contributed by atoms with Gasteiger partial charge in [0, 0.05) is 0 Å². The Balaban J connectivity index is 2.15. The number of aryl methyl sites for hydroxylation is 1. The van der Waals surface area contributed by atoms with E-state index in [1.807, 2.05) is 13.8 Å². The first kappa shape index (κ1) is 15.8. The van der Waals surface area contributed by atoms with Gasteiger partial charge in [-0.2, -0.15) is 0 Å². The van der Waals surface area contributed by atoms with Gasteiger partial charge in [-0.1, -0.05) is 13.0 Å². The Labute approximate surface area is 124 Å². The van der Waals surface area contributed by atoms with Crippen LogP contribution in [0.4, 0.5) is 4.39 Å². The highest BCUT2D eigenvalue weighted by Gasteiger charge is 2.50. The van der Waals surface area contributed by atoms with Crippen molar-refractivity contribution in [2.24, 2.45) is 11.7 Å². The number of carbonyl (C=O) groups excluding carboxylic acids is 1. The number of halogens is 1. The van der Waals surface area contributed by atoms with E-state index in [1.54, 1.807) is 12.1 Å². The lowest BCUT2D eigenvalue weighted by Crippen LogP contribution is -2.61. The van der Waals surface area contributed by atoms with Gasteiger partial charge >= 0.3 is 0 Å². The second kappa shape index (κ2) is 6.43. The molecule has 0 saturated heterocycles. The fourth-order valence-electron chi connectivity index (χ4n) is 2.51. The second-order valence-corrected chi connectivity index (χ2v) is 5.76. The molecule has 1 aromatic carbocycles. The molecule has 1 saturated carbocycles. The zero-order valence-electron chi connectivity index (χ0n) is 12.6. The normalized spacial score (nSPS) is 17.3. The van der Waals surface area contributed by atoms with E-state index in [-0.39, 0.29) is 18.3 Å². The van der Waals surface area contributed by atoms with Crippen LogP contribution in [0.15, 0.2) is 18.2 Å². The van der Waals surface area contributed by atoms with Crippen molar-refractivity contribution in [3.8, 4) is 5.75 Å². The summed E-state index contributed by atoms with van der Waals surface area (Å²) in [5, 5.41) is 3.23. The lowest BCUT2D eigenvalue weighted by molar-refractivity contribution is -0.126. The summed E-state index contributed by atoms with van der Waals surface area (Å²) in [6.45, 7) is 4.63. The highest BCUT2D eigenvalue weighted by Crippen LogP contribution is 2.40. The molecule has 0 heterocycles. The summed E-state index contributed by atoms with van der Waals surface area (Å²) < 4.78 is 19.4. The summed E-state index contributed by atoms with van der Waals surface area (Å²) in [6, 6.07) is 4.68. The van der Waals surface area contributed by atoms with Crippen molar-refractivity contribution < 1.29 is 13.9 Å². The Morgan fingerprint density at radius 1 is 1.52 bits per heavy atom. The quantitative estimate of drug-likeness (QED) is 0.772. The average Bonchev–Trinajstić information content (AvgIpc) is 3.27. The highest BCUT2D eigenvalue weighted by atomic mass is 19.1. The number of amides is 1. The molecule has 0 aromatic heterocycles. The van der Waals surface area contributed by atoms with Crippen molar-refractivity contribution in [1.29, 1.82) is 0 Å². The molecule has 21 heavy (non-hydrogen) atoms. The summed E-state index contributed by atoms with van der Waals surface area (Å²) in [5.41, 5.74) is 5.62. The lowest BCUT2D eigenvalue weighted by atomic mass is 9.93. The van der Waals surface area contributed by atoms with E-state index < -0.39 is 17.3 Å². The fourth-order valence-corrected chi connectivity index (χ4v) is 2.51. The Morgan fingerprint density at radius 2 is 2.24 bits per heavy atom. The van der Waals surface area contributed by atoms with Crippen molar-refractivity contribution in [3.05, 3.63) is 29.6 Å². The standard InChI is InChI=1S/C16H23FN2O2/c1-3-8-19-16(15(18)20,12-5-6-12)10-21-14-9-11(2)4-7-13(14)17/h4,7,9,12,19H,3,5-6,8,10H2,1-2H3,(H2,18,20). The molecule has 4 nitrogen and oxygen atoms in total. The van der Waals surface area contributed by atoms with E-state index in [2.05, 4.69) is 5.32 Å². The van der Waals surface area contributed by atoms with Gasteiger partial charge in [-0.3, -0.25) is 4.79 Å². The smallest absolute Gasteiger partial charge is 0.241 e.